The summed E-state index contributed by atoms with van der Waals surface area (Å²) >= 11 is 1.14. The highest BCUT2D eigenvalue weighted by Gasteiger charge is 2.30. The minimum atomic E-state index is -3.77. The first-order valence-electron chi connectivity index (χ1n) is 10.0. The maximum absolute atomic E-state index is 13.4. The van der Waals surface area contributed by atoms with Gasteiger partial charge in [-0.25, -0.2) is 4.98 Å². The van der Waals surface area contributed by atoms with E-state index < -0.39 is 10.0 Å². The Labute approximate surface area is 187 Å². The number of nitrogens with zero attached hydrogens (tertiary/aromatic N) is 2. The van der Waals surface area contributed by atoms with Gasteiger partial charge in [-0.2, -0.15) is 8.42 Å². The van der Waals surface area contributed by atoms with E-state index in [2.05, 4.69) is 4.98 Å². The second kappa shape index (κ2) is 8.69. The first kappa shape index (κ1) is 21.3. The molecule has 0 fully saturated rings. The first-order chi connectivity index (χ1) is 14.9. The molecule has 0 atom stereocenters. The summed E-state index contributed by atoms with van der Waals surface area (Å²) in [4.78, 5) is 4.22. The van der Waals surface area contributed by atoms with Crippen LogP contribution in [0, 0.1) is 6.92 Å². The number of hydrogen-bond acceptors (Lipinski definition) is 5. The fourth-order valence-electron chi connectivity index (χ4n) is 3.48. The molecule has 0 unspecified atom stereocenters. The Morgan fingerprint density at radius 2 is 1.81 bits per heavy atom. The monoisotopic (exact) mass is 452 g/mol. The number of benzene rings is 3. The van der Waals surface area contributed by atoms with Crippen LogP contribution in [-0.4, -0.2) is 19.4 Å². The van der Waals surface area contributed by atoms with E-state index in [1.807, 2.05) is 80.6 Å². The maximum atomic E-state index is 13.4. The molecule has 31 heavy (non-hydrogen) atoms. The number of ether oxygens (including phenoxy) is 1. The molecule has 0 N–H and O–H groups in total. The van der Waals surface area contributed by atoms with Gasteiger partial charge in [0.2, 0.25) is 4.34 Å². The van der Waals surface area contributed by atoms with E-state index >= 15 is 0 Å². The highest BCUT2D eigenvalue weighted by Crippen LogP contribution is 2.34. The normalized spacial score (nSPS) is 11.7. The van der Waals surface area contributed by atoms with Crippen LogP contribution in [-0.2, 0) is 16.6 Å². The number of anilines is 1. The molecule has 1 aromatic heterocycles. The minimum absolute atomic E-state index is 0.104. The van der Waals surface area contributed by atoms with E-state index in [1.165, 1.54) is 4.31 Å². The molecule has 3 aromatic carbocycles. The zero-order chi connectivity index (χ0) is 22.0. The molecule has 5 nitrogen and oxygen atoms in total. The summed E-state index contributed by atoms with van der Waals surface area (Å²) < 4.78 is 34.4. The zero-order valence-electron chi connectivity index (χ0n) is 17.6. The standard InChI is InChI=1S/C24H24N2O3S2/c1-17(2)26(31(27,28)24-25-18(3)16-30-24)21-13-12-20-10-7-11-23(22(20)14-21)29-15-19-8-5-4-6-9-19/h4-14,16-17H,15H2,1-3H3. The zero-order valence-corrected chi connectivity index (χ0v) is 19.3. The highest BCUT2D eigenvalue weighted by molar-refractivity contribution is 7.94. The Morgan fingerprint density at radius 1 is 1.03 bits per heavy atom. The summed E-state index contributed by atoms with van der Waals surface area (Å²) in [6.07, 6.45) is 0. The lowest BCUT2D eigenvalue weighted by Crippen LogP contribution is -2.37. The van der Waals surface area contributed by atoms with Gasteiger partial charge in [0.15, 0.2) is 0 Å². The van der Waals surface area contributed by atoms with Gasteiger partial charge in [-0.05, 0) is 49.9 Å². The molecule has 1 heterocycles. The second-order valence-electron chi connectivity index (χ2n) is 7.59. The van der Waals surface area contributed by atoms with Crippen molar-refractivity contribution in [2.75, 3.05) is 4.31 Å². The predicted octanol–water partition coefficient (Wildman–Crippen LogP) is 5.79. The Morgan fingerprint density at radius 3 is 2.48 bits per heavy atom. The van der Waals surface area contributed by atoms with Crippen molar-refractivity contribution in [2.45, 2.75) is 37.8 Å². The van der Waals surface area contributed by atoms with Crippen molar-refractivity contribution >= 4 is 37.8 Å². The fraction of sp³-hybridized carbons (Fsp3) is 0.208. The maximum Gasteiger partial charge on any atom is 0.291 e. The molecule has 0 spiro atoms. The number of sulfonamides is 1. The lowest BCUT2D eigenvalue weighted by molar-refractivity contribution is 0.310. The van der Waals surface area contributed by atoms with Crippen LogP contribution in [0.2, 0.25) is 0 Å². The van der Waals surface area contributed by atoms with E-state index in [0.717, 1.165) is 33.4 Å². The number of thiazole rings is 1. The summed E-state index contributed by atoms with van der Waals surface area (Å²) in [6.45, 7) is 5.95. The van der Waals surface area contributed by atoms with Crippen LogP contribution in [0.25, 0.3) is 10.8 Å². The van der Waals surface area contributed by atoms with Crippen LogP contribution in [0.1, 0.15) is 25.1 Å². The third-order valence-electron chi connectivity index (χ3n) is 4.86. The van der Waals surface area contributed by atoms with Crippen molar-refractivity contribution in [3.63, 3.8) is 0 Å². The Balaban J connectivity index is 1.74. The van der Waals surface area contributed by atoms with Gasteiger partial charge in [0.05, 0.1) is 5.69 Å². The van der Waals surface area contributed by atoms with Crippen LogP contribution < -0.4 is 9.04 Å². The molecule has 0 aliphatic heterocycles. The van der Waals surface area contributed by atoms with Crippen LogP contribution >= 0.6 is 11.3 Å². The summed E-state index contributed by atoms with van der Waals surface area (Å²) in [7, 11) is -3.77. The predicted molar refractivity (Wildman–Crippen MR) is 126 cm³/mol. The Hall–Kier alpha value is -2.90. The molecule has 0 aliphatic carbocycles. The van der Waals surface area contributed by atoms with Crippen molar-refractivity contribution in [1.29, 1.82) is 0 Å². The average Bonchev–Trinajstić information content (AvgIpc) is 3.20. The van der Waals surface area contributed by atoms with Gasteiger partial charge in [0.1, 0.15) is 12.4 Å². The molecule has 160 valence electrons. The van der Waals surface area contributed by atoms with Crippen molar-refractivity contribution in [3.05, 3.63) is 83.4 Å². The van der Waals surface area contributed by atoms with Gasteiger partial charge in [0.25, 0.3) is 10.0 Å². The summed E-state index contributed by atoms with van der Waals surface area (Å²) in [6, 6.07) is 21.2. The van der Waals surface area contributed by atoms with E-state index in [-0.39, 0.29) is 10.4 Å². The van der Waals surface area contributed by atoms with Gasteiger partial charge in [-0.3, -0.25) is 4.31 Å². The largest absolute Gasteiger partial charge is 0.488 e. The first-order valence-corrected chi connectivity index (χ1v) is 12.3. The van der Waals surface area contributed by atoms with Crippen LogP contribution in [0.5, 0.6) is 5.75 Å². The van der Waals surface area contributed by atoms with E-state index in [9.17, 15) is 8.42 Å². The number of hydrogen-bond donors (Lipinski definition) is 0. The smallest absolute Gasteiger partial charge is 0.291 e. The SMILES string of the molecule is Cc1csc(S(=O)(=O)N(c2ccc3cccc(OCc4ccccc4)c3c2)C(C)C)n1. The lowest BCUT2D eigenvalue weighted by atomic mass is 10.1. The molecule has 7 heteroatoms. The lowest BCUT2D eigenvalue weighted by Gasteiger charge is -2.27. The summed E-state index contributed by atoms with van der Waals surface area (Å²) in [5.74, 6) is 0.717. The van der Waals surface area contributed by atoms with Crippen molar-refractivity contribution in [3.8, 4) is 5.75 Å². The van der Waals surface area contributed by atoms with E-state index in [1.54, 1.807) is 12.3 Å². The van der Waals surface area contributed by atoms with E-state index in [0.29, 0.717) is 18.0 Å². The van der Waals surface area contributed by atoms with Crippen LogP contribution in [0.15, 0.2) is 76.4 Å². The topological polar surface area (TPSA) is 59.5 Å². The van der Waals surface area contributed by atoms with Gasteiger partial charge in [-0.15, -0.1) is 11.3 Å². The average molecular weight is 453 g/mol. The van der Waals surface area contributed by atoms with Crippen molar-refractivity contribution < 1.29 is 13.2 Å². The molecule has 4 aromatic rings. The molecule has 0 radical (unpaired) electrons. The number of fused-ring (bicyclic) bond motifs is 1. The molecule has 4 rings (SSSR count). The molecule has 0 aliphatic rings. The summed E-state index contributed by atoms with van der Waals surface area (Å²) in [5.41, 5.74) is 2.36. The molecule has 0 saturated heterocycles. The Kier molecular flexibility index (Phi) is 5.98. The van der Waals surface area contributed by atoms with Crippen LogP contribution in [0.4, 0.5) is 5.69 Å². The number of rotatable bonds is 7. The summed E-state index contributed by atoms with van der Waals surface area (Å²) in [5, 5.41) is 3.61. The Bertz CT molecular complexity index is 1300. The van der Waals surface area contributed by atoms with Crippen molar-refractivity contribution in [1.82, 2.24) is 4.98 Å². The van der Waals surface area contributed by atoms with Gasteiger partial charge in [-0.1, -0.05) is 48.5 Å². The fourth-order valence-corrected chi connectivity index (χ4v) is 6.25. The van der Waals surface area contributed by atoms with Gasteiger partial charge < -0.3 is 4.74 Å². The molecular formula is C24H24N2O3S2. The molecule has 0 amide bonds. The highest BCUT2D eigenvalue weighted by atomic mass is 32.2. The van der Waals surface area contributed by atoms with Gasteiger partial charge >= 0.3 is 0 Å². The quantitative estimate of drug-likeness (QED) is 0.356. The number of aromatic nitrogens is 1. The second-order valence-corrected chi connectivity index (χ2v) is 10.4. The third kappa shape index (κ3) is 4.43. The molecule has 0 saturated carbocycles. The van der Waals surface area contributed by atoms with Crippen LogP contribution in [0.3, 0.4) is 0 Å². The third-order valence-corrected chi connectivity index (χ3v) is 8.22. The molecular weight excluding hydrogens is 428 g/mol. The van der Waals surface area contributed by atoms with E-state index in [4.69, 9.17) is 4.74 Å². The number of aryl methyl sites for hydroxylation is 1. The van der Waals surface area contributed by atoms with Gasteiger partial charge in [0, 0.05) is 22.5 Å². The van der Waals surface area contributed by atoms with Crippen molar-refractivity contribution in [2.24, 2.45) is 0 Å². The molecule has 0 bridgehead atoms. The minimum Gasteiger partial charge on any atom is -0.488 e.